The predicted molar refractivity (Wildman–Crippen MR) is 45.2 cm³/mol. The van der Waals surface area contributed by atoms with Crippen LogP contribution in [0.15, 0.2) is 0 Å². The zero-order valence-electron chi connectivity index (χ0n) is 7.42. The number of hydrogen-bond donors (Lipinski definition) is 2. The van der Waals surface area contributed by atoms with Crippen LogP contribution < -0.4 is 5.32 Å². The van der Waals surface area contributed by atoms with E-state index in [0.717, 1.165) is 0 Å². The van der Waals surface area contributed by atoms with Crippen LogP contribution in [0.4, 0.5) is 4.79 Å². The first kappa shape index (κ1) is 11.0. The number of carbonyl (C=O) groups excluding carboxylic acids is 1. The van der Waals surface area contributed by atoms with Gasteiger partial charge in [0.1, 0.15) is 6.04 Å². The molecule has 0 aromatic carbocycles. The van der Waals surface area contributed by atoms with E-state index in [2.05, 4.69) is 5.32 Å². The first-order valence-corrected chi connectivity index (χ1v) is 3.54. The van der Waals surface area contributed by atoms with Gasteiger partial charge >= 0.3 is 5.97 Å². The van der Waals surface area contributed by atoms with Crippen molar-refractivity contribution in [3.63, 3.8) is 0 Å². The lowest BCUT2D eigenvalue weighted by molar-refractivity contribution is -0.141. The van der Waals surface area contributed by atoms with Crippen molar-refractivity contribution in [1.29, 1.82) is 0 Å². The van der Waals surface area contributed by atoms with E-state index in [0.29, 0.717) is 0 Å². The monoisotopic (exact) mass is 169 g/mol. The second kappa shape index (κ2) is 3.60. The Bertz CT molecular complexity index is 197. The molecular weight excluding hydrogens is 157 g/mol. The van der Waals surface area contributed by atoms with Gasteiger partial charge < -0.3 is 10.4 Å². The van der Waals surface area contributed by atoms with Crippen LogP contribution in [0.2, 0.25) is 0 Å². The molecule has 2 radical (unpaired) electrons. The van der Waals surface area contributed by atoms with E-state index in [4.69, 9.17) is 13.0 Å². The number of hydrogen-bond acceptors (Lipinski definition) is 2. The van der Waals surface area contributed by atoms with Gasteiger partial charge in [0, 0.05) is 0 Å². The van der Waals surface area contributed by atoms with Crippen LogP contribution in [0.5, 0.6) is 0 Å². The highest BCUT2D eigenvalue weighted by atomic mass is 16.4. The first-order chi connectivity index (χ1) is 5.25. The molecule has 0 aliphatic rings. The van der Waals surface area contributed by atoms with Crippen molar-refractivity contribution in [2.24, 2.45) is 5.41 Å². The third-order valence-corrected chi connectivity index (χ3v) is 1.40. The molecule has 1 atom stereocenters. The number of aliphatic carboxylic acids is 1. The van der Waals surface area contributed by atoms with Gasteiger partial charge in [-0.1, -0.05) is 20.8 Å². The molecule has 0 fully saturated rings. The number of nitrogens with one attached hydrogen (secondary N) is 1. The van der Waals surface area contributed by atoms with Crippen molar-refractivity contribution in [1.82, 2.24) is 5.32 Å². The van der Waals surface area contributed by atoms with E-state index in [1.807, 2.05) is 0 Å². The van der Waals surface area contributed by atoms with Crippen molar-refractivity contribution in [3.05, 3.63) is 0 Å². The largest absolute Gasteiger partial charge is 0.480 e. The highest BCUT2D eigenvalue weighted by molar-refractivity contribution is 6.57. The summed E-state index contributed by atoms with van der Waals surface area (Å²) in [5.41, 5.74) is -0.541. The summed E-state index contributed by atoms with van der Waals surface area (Å²) >= 11 is 0. The smallest absolute Gasteiger partial charge is 0.326 e. The summed E-state index contributed by atoms with van der Waals surface area (Å²) in [5.74, 6) is -1.90. The van der Waals surface area contributed by atoms with Crippen molar-refractivity contribution >= 4 is 19.6 Å². The topological polar surface area (TPSA) is 66.4 Å². The molecule has 0 unspecified atom stereocenters. The number of carboxylic acid groups (broad SMARTS) is 1. The van der Waals surface area contributed by atoms with Gasteiger partial charge in [-0.05, 0) is 5.41 Å². The molecule has 5 heteroatoms. The van der Waals surface area contributed by atoms with Gasteiger partial charge in [-0.15, -0.1) is 0 Å². The molecular formula is C7H12BNO3. The minimum absolute atomic E-state index is 0.541. The summed E-state index contributed by atoms with van der Waals surface area (Å²) < 4.78 is 0. The van der Waals surface area contributed by atoms with Crippen LogP contribution in [0.25, 0.3) is 0 Å². The van der Waals surface area contributed by atoms with Gasteiger partial charge in [0.15, 0.2) is 5.81 Å². The highest BCUT2D eigenvalue weighted by Gasteiger charge is 2.31. The second-order valence-electron chi connectivity index (χ2n) is 3.65. The van der Waals surface area contributed by atoms with Crippen molar-refractivity contribution in [2.45, 2.75) is 26.8 Å². The Hall–Kier alpha value is -0.995. The maximum absolute atomic E-state index is 10.6. The fraction of sp³-hybridized carbons (Fsp3) is 0.714. The molecule has 0 saturated heterocycles. The Morgan fingerprint density at radius 3 is 1.92 bits per heavy atom. The standard InChI is InChI=1S/C7H12BNO3/c1-7(2,3)4(5(10)11)9-6(8)12/h4H,1-3H3,(H,9,12)(H,10,11)/t4-/m1/s1. The minimum Gasteiger partial charge on any atom is -0.480 e. The number of amides is 1. The summed E-state index contributed by atoms with van der Waals surface area (Å²) in [4.78, 5) is 21.0. The van der Waals surface area contributed by atoms with E-state index in [-0.39, 0.29) is 0 Å². The molecule has 1 amide bonds. The predicted octanol–water partition coefficient (Wildman–Crippen LogP) is 0.364. The molecule has 0 bridgehead atoms. The summed E-state index contributed by atoms with van der Waals surface area (Å²) in [6.07, 6.45) is 0. The Labute approximate surface area is 72.7 Å². The molecule has 2 N–H and O–H groups in total. The van der Waals surface area contributed by atoms with Crippen molar-refractivity contribution in [3.8, 4) is 0 Å². The molecule has 0 heterocycles. The lowest BCUT2D eigenvalue weighted by atomic mass is 9.86. The van der Waals surface area contributed by atoms with Gasteiger partial charge in [-0.2, -0.15) is 0 Å². The Kier molecular flexibility index (Phi) is 3.30. The Balaban J connectivity index is 4.46. The van der Waals surface area contributed by atoms with Crippen LogP contribution in [0, 0.1) is 5.41 Å². The molecule has 0 aliphatic heterocycles. The minimum atomic E-state index is -1.08. The first-order valence-electron chi connectivity index (χ1n) is 3.54. The van der Waals surface area contributed by atoms with Gasteiger partial charge in [-0.3, -0.25) is 4.79 Å². The zero-order valence-corrected chi connectivity index (χ0v) is 7.42. The van der Waals surface area contributed by atoms with E-state index < -0.39 is 23.2 Å². The van der Waals surface area contributed by atoms with Gasteiger partial charge in [0.05, 0.1) is 0 Å². The Morgan fingerprint density at radius 1 is 1.42 bits per heavy atom. The number of carboxylic acids is 1. The van der Waals surface area contributed by atoms with E-state index in [9.17, 15) is 9.59 Å². The van der Waals surface area contributed by atoms with E-state index in [1.165, 1.54) is 0 Å². The molecule has 66 valence electrons. The SMILES string of the molecule is [B]C(=O)N[C@H](C(=O)O)C(C)(C)C. The average molecular weight is 169 g/mol. The van der Waals surface area contributed by atoms with E-state index in [1.54, 1.807) is 20.8 Å². The van der Waals surface area contributed by atoms with Gasteiger partial charge in [0.2, 0.25) is 7.85 Å². The van der Waals surface area contributed by atoms with E-state index >= 15 is 0 Å². The normalized spacial score (nSPS) is 13.6. The lowest BCUT2D eigenvalue weighted by Crippen LogP contribution is -2.48. The van der Waals surface area contributed by atoms with Crippen LogP contribution in [0.3, 0.4) is 0 Å². The summed E-state index contributed by atoms with van der Waals surface area (Å²) in [6, 6.07) is -0.949. The number of carbonyl (C=O) groups is 2. The van der Waals surface area contributed by atoms with Crippen LogP contribution in [-0.2, 0) is 4.79 Å². The molecule has 12 heavy (non-hydrogen) atoms. The fourth-order valence-corrected chi connectivity index (χ4v) is 0.791. The Morgan fingerprint density at radius 2 is 1.83 bits per heavy atom. The maximum Gasteiger partial charge on any atom is 0.326 e. The molecule has 4 nitrogen and oxygen atoms in total. The third-order valence-electron chi connectivity index (χ3n) is 1.40. The highest BCUT2D eigenvalue weighted by Crippen LogP contribution is 2.19. The van der Waals surface area contributed by atoms with Crippen LogP contribution in [0.1, 0.15) is 20.8 Å². The van der Waals surface area contributed by atoms with Crippen molar-refractivity contribution in [2.75, 3.05) is 0 Å². The molecule has 0 aromatic rings. The van der Waals surface area contributed by atoms with Gasteiger partial charge in [-0.25, -0.2) is 4.79 Å². The summed E-state index contributed by atoms with van der Waals surface area (Å²) in [7, 11) is 4.81. The third kappa shape index (κ3) is 3.41. The summed E-state index contributed by atoms with van der Waals surface area (Å²) in [6.45, 7) is 5.13. The van der Waals surface area contributed by atoms with Gasteiger partial charge in [0.25, 0.3) is 0 Å². The zero-order chi connectivity index (χ0) is 9.94. The quantitative estimate of drug-likeness (QED) is 0.586. The van der Waals surface area contributed by atoms with Crippen LogP contribution >= 0.6 is 0 Å². The van der Waals surface area contributed by atoms with Crippen molar-refractivity contribution < 1.29 is 14.7 Å². The fourth-order valence-electron chi connectivity index (χ4n) is 0.791. The molecule has 0 aliphatic carbocycles. The summed E-state index contributed by atoms with van der Waals surface area (Å²) in [5, 5.41) is 10.8. The second-order valence-corrected chi connectivity index (χ2v) is 3.65. The molecule has 0 saturated carbocycles. The maximum atomic E-state index is 10.6. The average Bonchev–Trinajstić information content (AvgIpc) is 1.79. The van der Waals surface area contributed by atoms with Crippen LogP contribution in [-0.4, -0.2) is 30.8 Å². The molecule has 0 rings (SSSR count). The molecule has 0 spiro atoms. The number of rotatable bonds is 2. The molecule has 0 aromatic heterocycles. The lowest BCUT2D eigenvalue weighted by Gasteiger charge is -2.27.